The highest BCUT2D eigenvalue weighted by molar-refractivity contribution is 5.82. The van der Waals surface area contributed by atoms with Crippen LogP contribution < -0.4 is 9.80 Å². The van der Waals surface area contributed by atoms with E-state index in [0.717, 1.165) is 65.3 Å². The van der Waals surface area contributed by atoms with Crippen molar-refractivity contribution in [2.24, 2.45) is 0 Å². The molecule has 1 aliphatic heterocycles. The van der Waals surface area contributed by atoms with Gasteiger partial charge in [-0.15, -0.1) is 0 Å². The Morgan fingerprint density at radius 2 is 1.45 bits per heavy atom. The first kappa shape index (κ1) is 19.3. The number of hydrogen-bond acceptors (Lipinski definition) is 6. The Morgan fingerprint density at radius 1 is 0.774 bits per heavy atom. The summed E-state index contributed by atoms with van der Waals surface area (Å²) in [7, 11) is 0. The van der Waals surface area contributed by atoms with Gasteiger partial charge in [0.25, 0.3) is 0 Å². The zero-order chi connectivity index (χ0) is 21.4. The number of fused-ring (bicyclic) bond motifs is 1. The van der Waals surface area contributed by atoms with Crippen LogP contribution in [0.2, 0.25) is 0 Å². The largest absolute Gasteiger partial charge is 0.507 e. The highest BCUT2D eigenvalue weighted by atomic mass is 16.3. The van der Waals surface area contributed by atoms with Gasteiger partial charge in [0, 0.05) is 44.3 Å². The fourth-order valence-electron chi connectivity index (χ4n) is 4.20. The van der Waals surface area contributed by atoms with Crippen molar-refractivity contribution >= 4 is 22.5 Å². The fourth-order valence-corrected chi connectivity index (χ4v) is 4.20. The molecule has 0 spiro atoms. The summed E-state index contributed by atoms with van der Waals surface area (Å²) in [5.74, 6) is 1.27. The molecule has 2 aromatic carbocycles. The Morgan fingerprint density at radius 3 is 2.16 bits per heavy atom. The Bertz CT molecular complexity index is 1210. The first-order valence-electron chi connectivity index (χ1n) is 10.6. The molecular formula is C25H25N5O. The van der Waals surface area contributed by atoms with E-state index in [1.807, 2.05) is 50.6 Å². The molecule has 0 bridgehead atoms. The fraction of sp³-hybridized carbons (Fsp3) is 0.240. The summed E-state index contributed by atoms with van der Waals surface area (Å²) in [5, 5.41) is 10.1. The number of aromatic hydroxyl groups is 1. The Labute approximate surface area is 181 Å². The number of anilines is 2. The molecule has 6 nitrogen and oxygen atoms in total. The van der Waals surface area contributed by atoms with Crippen LogP contribution in [-0.2, 0) is 0 Å². The number of aromatic nitrogens is 3. The molecule has 3 heterocycles. The van der Waals surface area contributed by atoms with Crippen molar-refractivity contribution in [2.45, 2.75) is 13.8 Å². The van der Waals surface area contributed by atoms with Crippen LogP contribution in [0.3, 0.4) is 0 Å². The molecule has 0 atom stereocenters. The van der Waals surface area contributed by atoms with E-state index in [2.05, 4.69) is 44.0 Å². The Hall–Kier alpha value is -3.67. The molecule has 156 valence electrons. The lowest BCUT2D eigenvalue weighted by atomic mass is 9.99. The number of benzene rings is 2. The maximum absolute atomic E-state index is 10.1. The van der Waals surface area contributed by atoms with Gasteiger partial charge < -0.3 is 14.9 Å². The van der Waals surface area contributed by atoms with Crippen molar-refractivity contribution in [2.75, 3.05) is 36.0 Å². The minimum Gasteiger partial charge on any atom is -0.507 e. The second-order valence-corrected chi connectivity index (χ2v) is 8.07. The van der Waals surface area contributed by atoms with Crippen molar-refractivity contribution in [3.8, 4) is 16.9 Å². The number of aryl methyl sites for hydroxylation is 2. The zero-order valence-electron chi connectivity index (χ0n) is 17.8. The smallest absolute Gasteiger partial charge is 0.147 e. The van der Waals surface area contributed by atoms with Crippen LogP contribution in [0, 0.1) is 13.8 Å². The van der Waals surface area contributed by atoms with Gasteiger partial charge in [0.15, 0.2) is 0 Å². The maximum Gasteiger partial charge on any atom is 0.147 e. The third-order valence-corrected chi connectivity index (χ3v) is 5.99. The number of nitrogens with zero attached hydrogens (tertiary/aromatic N) is 5. The molecule has 2 aromatic heterocycles. The summed E-state index contributed by atoms with van der Waals surface area (Å²) in [6, 6.07) is 14.3. The van der Waals surface area contributed by atoms with E-state index in [0.29, 0.717) is 5.75 Å². The van der Waals surface area contributed by atoms with Crippen LogP contribution in [0.25, 0.3) is 22.2 Å². The number of piperazine rings is 1. The van der Waals surface area contributed by atoms with E-state index >= 15 is 0 Å². The molecule has 0 saturated carbocycles. The van der Waals surface area contributed by atoms with Gasteiger partial charge in [-0.1, -0.05) is 6.07 Å². The van der Waals surface area contributed by atoms with E-state index in [-0.39, 0.29) is 0 Å². The molecule has 4 aromatic rings. The normalized spacial score (nSPS) is 14.3. The van der Waals surface area contributed by atoms with Crippen molar-refractivity contribution < 1.29 is 5.11 Å². The predicted octanol–water partition coefficient (Wildman–Crippen LogP) is 4.34. The third-order valence-electron chi connectivity index (χ3n) is 5.99. The molecule has 0 radical (unpaired) electrons. The van der Waals surface area contributed by atoms with Gasteiger partial charge in [0.05, 0.1) is 17.2 Å². The second kappa shape index (κ2) is 7.87. The summed E-state index contributed by atoms with van der Waals surface area (Å²) in [6.07, 6.45) is 5.55. The van der Waals surface area contributed by atoms with Crippen molar-refractivity contribution in [3.63, 3.8) is 0 Å². The van der Waals surface area contributed by atoms with Crippen LogP contribution in [0.1, 0.15) is 11.1 Å². The number of hydrogen-bond donors (Lipinski definition) is 1. The van der Waals surface area contributed by atoms with Gasteiger partial charge in [0.2, 0.25) is 0 Å². The summed E-state index contributed by atoms with van der Waals surface area (Å²) in [4.78, 5) is 18.4. The minimum absolute atomic E-state index is 0.359. The Balaban J connectivity index is 1.40. The highest BCUT2D eigenvalue weighted by Crippen LogP contribution is 2.30. The van der Waals surface area contributed by atoms with E-state index in [4.69, 9.17) is 4.98 Å². The molecule has 1 aliphatic rings. The van der Waals surface area contributed by atoms with Crippen molar-refractivity contribution in [3.05, 3.63) is 72.2 Å². The molecular weight excluding hydrogens is 386 g/mol. The minimum atomic E-state index is 0.359. The van der Waals surface area contributed by atoms with E-state index in [9.17, 15) is 5.11 Å². The summed E-state index contributed by atoms with van der Waals surface area (Å²) >= 11 is 0. The molecule has 1 fully saturated rings. The molecule has 0 unspecified atom stereocenters. The van der Waals surface area contributed by atoms with Crippen LogP contribution in [-0.4, -0.2) is 46.2 Å². The summed E-state index contributed by atoms with van der Waals surface area (Å²) in [5.41, 5.74) is 6.89. The van der Waals surface area contributed by atoms with Crippen molar-refractivity contribution in [1.82, 2.24) is 15.0 Å². The van der Waals surface area contributed by atoms with E-state index < -0.39 is 0 Å². The molecule has 1 saturated heterocycles. The molecule has 5 rings (SSSR count). The quantitative estimate of drug-likeness (QED) is 0.541. The highest BCUT2D eigenvalue weighted by Gasteiger charge is 2.19. The molecule has 0 aliphatic carbocycles. The van der Waals surface area contributed by atoms with Crippen LogP contribution in [0.15, 0.2) is 61.1 Å². The van der Waals surface area contributed by atoms with Crippen LogP contribution >= 0.6 is 0 Å². The number of phenols is 1. The van der Waals surface area contributed by atoms with E-state index in [1.165, 1.54) is 5.69 Å². The first-order chi connectivity index (χ1) is 15.1. The predicted molar refractivity (Wildman–Crippen MR) is 125 cm³/mol. The van der Waals surface area contributed by atoms with E-state index in [1.54, 1.807) is 0 Å². The van der Waals surface area contributed by atoms with Crippen LogP contribution in [0.4, 0.5) is 11.5 Å². The average Bonchev–Trinajstić information content (AvgIpc) is 2.82. The second-order valence-electron chi connectivity index (χ2n) is 8.07. The number of rotatable bonds is 3. The first-order valence-corrected chi connectivity index (χ1v) is 10.6. The van der Waals surface area contributed by atoms with Gasteiger partial charge in [0.1, 0.15) is 11.6 Å². The van der Waals surface area contributed by atoms with Gasteiger partial charge >= 0.3 is 0 Å². The molecule has 31 heavy (non-hydrogen) atoms. The third kappa shape index (κ3) is 3.77. The topological polar surface area (TPSA) is 65.4 Å². The molecule has 0 amide bonds. The maximum atomic E-state index is 10.1. The average molecular weight is 412 g/mol. The molecule has 6 heteroatoms. The number of phenolic OH excluding ortho intramolecular Hbond substituents is 1. The lowest BCUT2D eigenvalue weighted by Crippen LogP contribution is -2.46. The monoisotopic (exact) mass is 411 g/mol. The SMILES string of the molecule is Cc1cc(-c2ccc3ncc(N4CCN(c5ccncc5)CC4)nc3c2)cc(C)c1O. The summed E-state index contributed by atoms with van der Waals surface area (Å²) in [6.45, 7) is 7.54. The zero-order valence-corrected chi connectivity index (χ0v) is 17.8. The molecule has 1 N–H and O–H groups in total. The van der Waals surface area contributed by atoms with Gasteiger partial charge in [-0.05, 0) is 72.5 Å². The van der Waals surface area contributed by atoms with Gasteiger partial charge in [-0.3, -0.25) is 9.97 Å². The number of pyridine rings is 1. The van der Waals surface area contributed by atoms with Crippen molar-refractivity contribution in [1.29, 1.82) is 0 Å². The van der Waals surface area contributed by atoms with Gasteiger partial charge in [-0.2, -0.15) is 0 Å². The van der Waals surface area contributed by atoms with Gasteiger partial charge in [-0.25, -0.2) is 4.98 Å². The Kier molecular flexibility index (Phi) is 4.90. The summed E-state index contributed by atoms with van der Waals surface area (Å²) < 4.78 is 0. The lowest BCUT2D eigenvalue weighted by Gasteiger charge is -2.36. The standard InChI is InChI=1S/C25H25N5O/c1-17-13-20(14-18(2)25(17)31)19-3-4-22-23(15-19)28-24(16-27-22)30-11-9-29(10-12-30)21-5-7-26-8-6-21/h3-8,13-16,31H,9-12H2,1-2H3. The van der Waals surface area contributed by atoms with Crippen LogP contribution in [0.5, 0.6) is 5.75 Å². The lowest BCUT2D eigenvalue weighted by molar-refractivity contribution is 0.467.